The lowest BCUT2D eigenvalue weighted by Gasteiger charge is -2.13. The minimum absolute atomic E-state index is 0.167. The highest BCUT2D eigenvalue weighted by Gasteiger charge is 2.32. The van der Waals surface area contributed by atoms with Crippen LogP contribution in [0.15, 0.2) is 24.4 Å². The number of carbonyl (C=O) groups is 3. The molecular weight excluding hydrogens is 384 g/mol. The third kappa shape index (κ3) is 3.26. The number of aromatic nitrogens is 2. The van der Waals surface area contributed by atoms with Gasteiger partial charge in [0.05, 0.1) is 29.9 Å². The molecule has 0 aliphatic carbocycles. The van der Waals surface area contributed by atoms with E-state index in [-0.39, 0.29) is 24.2 Å². The SMILES string of the molecule is CCOC(=O)c1cn2c(n1)sc1cc(N3C[C@H](CNC(C)=O)OC3=O)ccc12. The lowest BCUT2D eigenvalue weighted by molar-refractivity contribution is -0.119. The monoisotopic (exact) mass is 402 g/mol. The summed E-state index contributed by atoms with van der Waals surface area (Å²) >= 11 is 1.42. The third-order valence-corrected chi connectivity index (χ3v) is 5.34. The largest absolute Gasteiger partial charge is 0.461 e. The van der Waals surface area contributed by atoms with Gasteiger partial charge in [-0.25, -0.2) is 14.6 Å². The zero-order valence-corrected chi connectivity index (χ0v) is 16.1. The highest BCUT2D eigenvalue weighted by molar-refractivity contribution is 7.23. The van der Waals surface area contributed by atoms with Gasteiger partial charge in [-0.1, -0.05) is 11.3 Å². The van der Waals surface area contributed by atoms with Gasteiger partial charge in [-0.2, -0.15) is 0 Å². The molecule has 1 atom stereocenters. The number of nitrogens with zero attached hydrogens (tertiary/aromatic N) is 3. The van der Waals surface area contributed by atoms with Crippen molar-refractivity contribution < 1.29 is 23.9 Å². The predicted octanol–water partition coefficient (Wildman–Crippen LogP) is 2.19. The summed E-state index contributed by atoms with van der Waals surface area (Å²) < 4.78 is 13.0. The van der Waals surface area contributed by atoms with Gasteiger partial charge in [-0.3, -0.25) is 14.1 Å². The van der Waals surface area contributed by atoms with Crippen molar-refractivity contribution in [3.63, 3.8) is 0 Å². The molecule has 4 rings (SSSR count). The molecule has 1 aliphatic rings. The van der Waals surface area contributed by atoms with E-state index in [1.54, 1.807) is 18.0 Å². The summed E-state index contributed by atoms with van der Waals surface area (Å²) in [6, 6.07) is 5.58. The van der Waals surface area contributed by atoms with Crippen molar-refractivity contribution in [1.29, 1.82) is 0 Å². The van der Waals surface area contributed by atoms with Crippen LogP contribution in [0.1, 0.15) is 24.3 Å². The molecule has 28 heavy (non-hydrogen) atoms. The fraction of sp³-hybridized carbons (Fsp3) is 0.333. The minimum Gasteiger partial charge on any atom is -0.461 e. The molecule has 1 aromatic carbocycles. The van der Waals surface area contributed by atoms with Gasteiger partial charge in [0.15, 0.2) is 10.7 Å². The van der Waals surface area contributed by atoms with E-state index in [4.69, 9.17) is 9.47 Å². The van der Waals surface area contributed by atoms with E-state index >= 15 is 0 Å². The molecule has 2 amide bonds. The Bertz CT molecular complexity index is 1090. The second-order valence-corrected chi connectivity index (χ2v) is 7.32. The lowest BCUT2D eigenvalue weighted by atomic mass is 10.2. The van der Waals surface area contributed by atoms with E-state index in [0.717, 1.165) is 10.2 Å². The summed E-state index contributed by atoms with van der Waals surface area (Å²) in [5.41, 5.74) is 1.86. The van der Waals surface area contributed by atoms with E-state index in [1.165, 1.54) is 18.3 Å². The normalized spacial score (nSPS) is 16.6. The van der Waals surface area contributed by atoms with Crippen LogP contribution in [0.3, 0.4) is 0 Å². The van der Waals surface area contributed by atoms with Crippen molar-refractivity contribution in [2.24, 2.45) is 0 Å². The molecule has 9 nitrogen and oxygen atoms in total. The summed E-state index contributed by atoms with van der Waals surface area (Å²) in [5, 5.41) is 2.66. The Morgan fingerprint density at radius 3 is 3.00 bits per heavy atom. The Balaban J connectivity index is 1.59. The number of imidazole rings is 1. The Kier molecular flexibility index (Phi) is 4.63. The second-order valence-electron chi connectivity index (χ2n) is 6.31. The first kappa shape index (κ1) is 18.2. The topological polar surface area (TPSA) is 102 Å². The van der Waals surface area contributed by atoms with Crippen LogP contribution in [-0.4, -0.2) is 53.2 Å². The fourth-order valence-electron chi connectivity index (χ4n) is 3.06. The quantitative estimate of drug-likeness (QED) is 0.657. The molecule has 1 saturated heterocycles. The smallest absolute Gasteiger partial charge is 0.414 e. The van der Waals surface area contributed by atoms with Crippen molar-refractivity contribution in [1.82, 2.24) is 14.7 Å². The highest BCUT2D eigenvalue weighted by atomic mass is 32.1. The van der Waals surface area contributed by atoms with Crippen LogP contribution in [0.5, 0.6) is 0 Å². The molecule has 10 heteroatoms. The Hall–Kier alpha value is -3.14. The number of hydrogen-bond donors (Lipinski definition) is 1. The molecule has 0 saturated carbocycles. The summed E-state index contributed by atoms with van der Waals surface area (Å²) in [7, 11) is 0. The summed E-state index contributed by atoms with van der Waals surface area (Å²) in [5.74, 6) is -0.617. The van der Waals surface area contributed by atoms with Gasteiger partial charge in [-0.15, -0.1) is 0 Å². The number of ether oxygens (including phenoxy) is 2. The first-order chi connectivity index (χ1) is 13.5. The first-order valence-electron chi connectivity index (χ1n) is 8.77. The molecule has 0 spiro atoms. The van der Waals surface area contributed by atoms with E-state index in [2.05, 4.69) is 10.3 Å². The maximum absolute atomic E-state index is 12.2. The number of nitrogens with one attached hydrogen (secondary N) is 1. The average molecular weight is 402 g/mol. The van der Waals surface area contributed by atoms with Crippen LogP contribution in [0.4, 0.5) is 10.5 Å². The first-order valence-corrected chi connectivity index (χ1v) is 9.59. The molecule has 0 bridgehead atoms. The molecule has 3 heterocycles. The zero-order chi connectivity index (χ0) is 19.8. The van der Waals surface area contributed by atoms with E-state index in [1.807, 2.05) is 22.6 Å². The van der Waals surface area contributed by atoms with Crippen LogP contribution in [0.2, 0.25) is 0 Å². The molecule has 146 valence electrons. The van der Waals surface area contributed by atoms with E-state index in [0.29, 0.717) is 23.8 Å². The second kappa shape index (κ2) is 7.12. The third-order valence-electron chi connectivity index (χ3n) is 4.33. The van der Waals surface area contributed by atoms with Crippen molar-refractivity contribution >= 4 is 50.2 Å². The summed E-state index contributed by atoms with van der Waals surface area (Å²) in [6.07, 6.45) is 0.819. The fourth-order valence-corrected chi connectivity index (χ4v) is 4.10. The van der Waals surface area contributed by atoms with Crippen LogP contribution in [0, 0.1) is 0 Å². The number of esters is 1. The van der Waals surface area contributed by atoms with Crippen LogP contribution >= 0.6 is 11.3 Å². The maximum atomic E-state index is 12.2. The van der Waals surface area contributed by atoms with Crippen LogP contribution in [0.25, 0.3) is 15.2 Å². The number of rotatable bonds is 5. The number of thiazole rings is 1. The highest BCUT2D eigenvalue weighted by Crippen LogP contribution is 2.31. The number of hydrogen-bond acceptors (Lipinski definition) is 7. The zero-order valence-electron chi connectivity index (χ0n) is 15.3. The maximum Gasteiger partial charge on any atom is 0.414 e. The number of anilines is 1. The van der Waals surface area contributed by atoms with E-state index in [9.17, 15) is 14.4 Å². The van der Waals surface area contributed by atoms with Crippen molar-refractivity contribution in [2.45, 2.75) is 20.0 Å². The number of benzene rings is 1. The van der Waals surface area contributed by atoms with Crippen LogP contribution in [-0.2, 0) is 14.3 Å². The van der Waals surface area contributed by atoms with Gasteiger partial charge in [0.2, 0.25) is 5.91 Å². The summed E-state index contributed by atoms with van der Waals surface area (Å²) in [4.78, 5) is 41.6. The molecular formula is C18H18N4O5S. The van der Waals surface area contributed by atoms with Gasteiger partial charge in [0.1, 0.15) is 6.10 Å². The minimum atomic E-state index is -0.451. The molecule has 1 N–H and O–H groups in total. The van der Waals surface area contributed by atoms with E-state index < -0.39 is 12.1 Å². The molecule has 0 radical (unpaired) electrons. The van der Waals surface area contributed by atoms with Gasteiger partial charge in [0, 0.05) is 18.8 Å². The molecule has 1 fully saturated rings. The van der Waals surface area contributed by atoms with Gasteiger partial charge < -0.3 is 14.8 Å². The molecule has 1 aliphatic heterocycles. The summed E-state index contributed by atoms with van der Waals surface area (Å²) in [6.45, 7) is 4.10. The standard InChI is InChI=1S/C18H18N4O5S/c1-3-26-16(24)13-9-22-14-5-4-11(6-15(14)28-17(22)20-13)21-8-12(27-18(21)25)7-19-10(2)23/h4-6,9,12H,3,7-8H2,1-2H3,(H,19,23)/t12-/m0/s1. The average Bonchev–Trinajstić information content (AvgIpc) is 3.31. The van der Waals surface area contributed by atoms with Gasteiger partial charge >= 0.3 is 12.1 Å². The Labute approximate surface area is 163 Å². The number of cyclic esters (lactones) is 1. The number of carbonyl (C=O) groups excluding carboxylic acids is 3. The van der Waals surface area contributed by atoms with Gasteiger partial charge in [-0.05, 0) is 25.1 Å². The molecule has 0 unspecified atom stereocenters. The molecule has 2 aromatic heterocycles. The Morgan fingerprint density at radius 1 is 1.43 bits per heavy atom. The van der Waals surface area contributed by atoms with Crippen LogP contribution < -0.4 is 10.2 Å². The van der Waals surface area contributed by atoms with Crippen molar-refractivity contribution in [3.8, 4) is 0 Å². The lowest BCUT2D eigenvalue weighted by Crippen LogP contribution is -2.33. The van der Waals surface area contributed by atoms with Gasteiger partial charge in [0.25, 0.3) is 0 Å². The molecule has 3 aromatic rings. The van der Waals surface area contributed by atoms with Crippen molar-refractivity contribution in [2.75, 3.05) is 24.6 Å². The number of amides is 2. The Morgan fingerprint density at radius 2 is 2.25 bits per heavy atom. The predicted molar refractivity (Wildman–Crippen MR) is 103 cm³/mol. The van der Waals surface area contributed by atoms with Crippen molar-refractivity contribution in [3.05, 3.63) is 30.1 Å². The number of fused-ring (bicyclic) bond motifs is 3.